The number of urea groups is 1. The first-order valence-electron chi connectivity index (χ1n) is 10.2. The summed E-state index contributed by atoms with van der Waals surface area (Å²) in [5.41, 5.74) is 1.57. The smallest absolute Gasteiger partial charge is 0.321 e. The molecule has 1 saturated heterocycles. The second-order valence-electron chi connectivity index (χ2n) is 7.25. The van der Waals surface area contributed by atoms with E-state index in [9.17, 15) is 14.4 Å². The summed E-state index contributed by atoms with van der Waals surface area (Å²) in [4.78, 5) is 38.3. The van der Waals surface area contributed by atoms with Gasteiger partial charge in [0.15, 0.2) is 6.61 Å². The molecule has 0 bridgehead atoms. The van der Waals surface area contributed by atoms with E-state index in [1.165, 1.54) is 0 Å². The van der Waals surface area contributed by atoms with Gasteiger partial charge in [0.25, 0.3) is 5.91 Å². The predicted molar refractivity (Wildman–Crippen MR) is 116 cm³/mol. The summed E-state index contributed by atoms with van der Waals surface area (Å²) in [6, 6.07) is 16.4. The molecular formula is C23H27N3O5. The van der Waals surface area contributed by atoms with Crippen LogP contribution in [0.4, 0.5) is 10.5 Å². The van der Waals surface area contributed by atoms with Gasteiger partial charge in [0.2, 0.25) is 0 Å². The Kier molecular flexibility index (Phi) is 7.86. The van der Waals surface area contributed by atoms with Crippen molar-refractivity contribution in [1.29, 1.82) is 0 Å². The van der Waals surface area contributed by atoms with Crippen molar-refractivity contribution >= 4 is 23.6 Å². The lowest BCUT2D eigenvalue weighted by Gasteiger charge is -2.30. The summed E-state index contributed by atoms with van der Waals surface area (Å²) in [6.45, 7) is 0.870. The van der Waals surface area contributed by atoms with Gasteiger partial charge in [-0.3, -0.25) is 9.59 Å². The monoisotopic (exact) mass is 425 g/mol. The molecule has 2 aromatic rings. The van der Waals surface area contributed by atoms with Gasteiger partial charge in [-0.05, 0) is 31.0 Å². The van der Waals surface area contributed by atoms with Crippen molar-refractivity contribution in [3.63, 3.8) is 0 Å². The molecule has 8 heteroatoms. The van der Waals surface area contributed by atoms with Gasteiger partial charge in [0, 0.05) is 30.9 Å². The maximum atomic E-state index is 12.3. The Hall–Kier alpha value is -3.55. The average Bonchev–Trinajstić information content (AvgIpc) is 2.82. The lowest BCUT2D eigenvalue weighted by molar-refractivity contribution is -0.153. The number of hydrogen-bond donors (Lipinski definition) is 2. The largest absolute Gasteiger partial charge is 0.496 e. The third-order valence-corrected chi connectivity index (χ3v) is 5.15. The van der Waals surface area contributed by atoms with E-state index in [1.807, 2.05) is 54.6 Å². The minimum Gasteiger partial charge on any atom is -0.496 e. The van der Waals surface area contributed by atoms with Gasteiger partial charge >= 0.3 is 12.0 Å². The second kappa shape index (κ2) is 11.0. The van der Waals surface area contributed by atoms with Gasteiger partial charge in [0.1, 0.15) is 5.75 Å². The van der Waals surface area contributed by atoms with E-state index in [-0.39, 0.29) is 31.0 Å². The van der Waals surface area contributed by atoms with Crippen molar-refractivity contribution < 1.29 is 23.9 Å². The Bertz CT molecular complexity index is 895. The highest BCUT2D eigenvalue weighted by molar-refractivity contribution is 5.89. The van der Waals surface area contributed by atoms with E-state index in [0.717, 1.165) is 11.3 Å². The highest BCUT2D eigenvalue weighted by Gasteiger charge is 2.28. The Labute approximate surface area is 181 Å². The van der Waals surface area contributed by atoms with Gasteiger partial charge in [-0.25, -0.2) is 4.79 Å². The van der Waals surface area contributed by atoms with Crippen molar-refractivity contribution in [3.05, 3.63) is 60.2 Å². The van der Waals surface area contributed by atoms with Gasteiger partial charge in [-0.15, -0.1) is 0 Å². The molecule has 31 heavy (non-hydrogen) atoms. The number of benzene rings is 2. The van der Waals surface area contributed by atoms with E-state index in [4.69, 9.17) is 9.47 Å². The summed E-state index contributed by atoms with van der Waals surface area (Å²) in [6.07, 6.45) is 1.01. The predicted octanol–water partition coefficient (Wildman–Crippen LogP) is 2.80. The molecule has 1 aliphatic rings. The van der Waals surface area contributed by atoms with E-state index in [0.29, 0.717) is 31.7 Å². The number of methoxy groups -OCH3 is 1. The van der Waals surface area contributed by atoms with Crippen molar-refractivity contribution in [1.82, 2.24) is 10.2 Å². The van der Waals surface area contributed by atoms with Crippen molar-refractivity contribution in [2.24, 2.45) is 5.92 Å². The molecule has 2 aromatic carbocycles. The summed E-state index contributed by atoms with van der Waals surface area (Å²) < 4.78 is 10.4. The molecular weight excluding hydrogens is 398 g/mol. The molecule has 2 N–H and O–H groups in total. The van der Waals surface area contributed by atoms with Crippen LogP contribution in [0.15, 0.2) is 54.6 Å². The van der Waals surface area contributed by atoms with Crippen LogP contribution in [0.5, 0.6) is 5.75 Å². The van der Waals surface area contributed by atoms with Gasteiger partial charge in [0.05, 0.1) is 13.0 Å². The Balaban J connectivity index is 1.37. The molecule has 0 unspecified atom stereocenters. The molecule has 8 nitrogen and oxygen atoms in total. The van der Waals surface area contributed by atoms with Crippen molar-refractivity contribution in [2.45, 2.75) is 19.4 Å². The van der Waals surface area contributed by atoms with Crippen LogP contribution < -0.4 is 15.4 Å². The Morgan fingerprint density at radius 2 is 1.68 bits per heavy atom. The number of hydrogen-bond acceptors (Lipinski definition) is 5. The van der Waals surface area contributed by atoms with Gasteiger partial charge in [-0.2, -0.15) is 0 Å². The number of para-hydroxylation sites is 2. The van der Waals surface area contributed by atoms with E-state index >= 15 is 0 Å². The Morgan fingerprint density at radius 1 is 1.00 bits per heavy atom. The lowest BCUT2D eigenvalue weighted by atomic mass is 9.97. The molecule has 3 amide bonds. The standard InChI is InChI=1S/C23H27N3O5/c1-30-20-10-6-5-7-18(20)15-24-21(27)16-31-22(28)17-11-13-26(14-12-17)23(29)25-19-8-3-2-4-9-19/h2-10,17H,11-16H2,1H3,(H,24,27)(H,25,29). The fourth-order valence-electron chi connectivity index (χ4n) is 3.39. The summed E-state index contributed by atoms with van der Waals surface area (Å²) in [5, 5.41) is 5.56. The second-order valence-corrected chi connectivity index (χ2v) is 7.25. The average molecular weight is 425 g/mol. The number of nitrogens with one attached hydrogen (secondary N) is 2. The first-order valence-corrected chi connectivity index (χ1v) is 10.2. The maximum absolute atomic E-state index is 12.3. The molecule has 0 atom stereocenters. The van der Waals surface area contributed by atoms with Gasteiger partial charge < -0.3 is 25.0 Å². The van der Waals surface area contributed by atoms with Crippen LogP contribution in [0.3, 0.4) is 0 Å². The molecule has 0 saturated carbocycles. The van der Waals surface area contributed by atoms with Crippen molar-refractivity contribution in [2.75, 3.05) is 32.1 Å². The lowest BCUT2D eigenvalue weighted by Crippen LogP contribution is -2.43. The zero-order chi connectivity index (χ0) is 22.1. The first-order chi connectivity index (χ1) is 15.1. The summed E-state index contributed by atoms with van der Waals surface area (Å²) in [5.74, 6) is -0.417. The van der Waals surface area contributed by atoms with E-state index < -0.39 is 5.97 Å². The molecule has 0 aliphatic carbocycles. The molecule has 1 fully saturated rings. The minimum atomic E-state index is -0.407. The minimum absolute atomic E-state index is 0.186. The molecule has 0 spiro atoms. The number of carbonyl (C=O) groups is 3. The number of carbonyl (C=O) groups excluding carboxylic acids is 3. The summed E-state index contributed by atoms with van der Waals surface area (Å²) in [7, 11) is 1.57. The number of nitrogens with zero attached hydrogens (tertiary/aromatic N) is 1. The quantitative estimate of drug-likeness (QED) is 0.665. The van der Waals surface area contributed by atoms with Crippen LogP contribution in [0, 0.1) is 5.92 Å². The third kappa shape index (κ3) is 6.47. The van der Waals surface area contributed by atoms with Crippen LogP contribution in [-0.2, 0) is 20.9 Å². The van der Waals surface area contributed by atoms with Crippen LogP contribution in [0.25, 0.3) is 0 Å². The topological polar surface area (TPSA) is 97.0 Å². The van der Waals surface area contributed by atoms with Crippen LogP contribution in [0.1, 0.15) is 18.4 Å². The van der Waals surface area contributed by atoms with Crippen molar-refractivity contribution in [3.8, 4) is 5.75 Å². The zero-order valence-electron chi connectivity index (χ0n) is 17.5. The fraction of sp³-hybridized carbons (Fsp3) is 0.348. The highest BCUT2D eigenvalue weighted by atomic mass is 16.5. The number of rotatable bonds is 7. The molecule has 1 heterocycles. The SMILES string of the molecule is COc1ccccc1CNC(=O)COC(=O)C1CCN(C(=O)Nc2ccccc2)CC1. The normalized spacial score (nSPS) is 13.9. The number of ether oxygens (including phenoxy) is 2. The van der Waals surface area contributed by atoms with Gasteiger partial charge in [-0.1, -0.05) is 36.4 Å². The zero-order valence-corrected chi connectivity index (χ0v) is 17.5. The third-order valence-electron chi connectivity index (χ3n) is 5.15. The number of anilines is 1. The van der Waals surface area contributed by atoms with Crippen LogP contribution in [0.2, 0.25) is 0 Å². The number of piperidine rings is 1. The molecule has 1 aliphatic heterocycles. The number of esters is 1. The molecule has 0 radical (unpaired) electrons. The highest BCUT2D eigenvalue weighted by Crippen LogP contribution is 2.20. The van der Waals surface area contributed by atoms with Crippen LogP contribution in [-0.4, -0.2) is 49.6 Å². The first kappa shape index (κ1) is 22.1. The number of amides is 3. The van der Waals surface area contributed by atoms with Crippen LogP contribution >= 0.6 is 0 Å². The molecule has 164 valence electrons. The van der Waals surface area contributed by atoms with E-state index in [2.05, 4.69) is 10.6 Å². The number of likely N-dealkylation sites (tertiary alicyclic amines) is 1. The molecule has 0 aromatic heterocycles. The van der Waals surface area contributed by atoms with E-state index in [1.54, 1.807) is 12.0 Å². The summed E-state index contributed by atoms with van der Waals surface area (Å²) >= 11 is 0. The Morgan fingerprint density at radius 3 is 2.39 bits per heavy atom. The maximum Gasteiger partial charge on any atom is 0.321 e. The molecule has 3 rings (SSSR count). The fourth-order valence-corrected chi connectivity index (χ4v) is 3.39.